The van der Waals surface area contributed by atoms with E-state index < -0.39 is 16.0 Å². The molecular formula is C23H22N6O4S. The predicted octanol–water partition coefficient (Wildman–Crippen LogP) is 3.76. The van der Waals surface area contributed by atoms with Crippen molar-refractivity contribution in [1.29, 1.82) is 0 Å². The van der Waals surface area contributed by atoms with Gasteiger partial charge >= 0.3 is 5.97 Å². The number of sulfonamides is 1. The Hall–Kier alpha value is -4.12. The van der Waals surface area contributed by atoms with Crippen LogP contribution in [0, 0.1) is 13.8 Å². The first-order valence-corrected chi connectivity index (χ1v) is 11.9. The first-order chi connectivity index (χ1) is 16.2. The molecule has 0 atom stereocenters. The molecule has 174 valence electrons. The van der Waals surface area contributed by atoms with Gasteiger partial charge in [-0.3, -0.25) is 0 Å². The van der Waals surface area contributed by atoms with E-state index in [9.17, 15) is 13.2 Å². The van der Waals surface area contributed by atoms with E-state index in [1.807, 2.05) is 12.1 Å². The van der Waals surface area contributed by atoms with E-state index >= 15 is 0 Å². The highest BCUT2D eigenvalue weighted by molar-refractivity contribution is 7.92. The summed E-state index contributed by atoms with van der Waals surface area (Å²) in [5, 5.41) is 3.82. The van der Waals surface area contributed by atoms with Crippen LogP contribution >= 0.6 is 0 Å². The molecule has 0 aliphatic heterocycles. The number of fused-ring (bicyclic) bond motifs is 1. The number of aromatic nitrogens is 4. The van der Waals surface area contributed by atoms with Crippen LogP contribution < -0.4 is 10.0 Å². The van der Waals surface area contributed by atoms with Gasteiger partial charge in [0.25, 0.3) is 10.0 Å². The zero-order valence-corrected chi connectivity index (χ0v) is 19.5. The Balaban J connectivity index is 1.61. The number of carbonyl (C=O) groups is 1. The molecule has 0 fully saturated rings. The minimum Gasteiger partial charge on any atom is -0.460 e. The fourth-order valence-corrected chi connectivity index (χ4v) is 4.21. The minimum atomic E-state index is -3.89. The number of hydrogen-bond donors (Lipinski definition) is 2. The van der Waals surface area contributed by atoms with Gasteiger partial charge in [0.15, 0.2) is 0 Å². The van der Waals surface area contributed by atoms with E-state index in [0.29, 0.717) is 33.8 Å². The maximum atomic E-state index is 12.8. The van der Waals surface area contributed by atoms with Gasteiger partial charge in [-0.25, -0.2) is 37.9 Å². The second-order valence-electron chi connectivity index (χ2n) is 7.36. The number of ether oxygens (including phenoxy) is 1. The number of para-hydroxylation sites is 1. The van der Waals surface area contributed by atoms with Crippen molar-refractivity contribution in [1.82, 2.24) is 19.9 Å². The van der Waals surface area contributed by atoms with Crippen molar-refractivity contribution in [3.63, 3.8) is 0 Å². The van der Waals surface area contributed by atoms with Crippen molar-refractivity contribution in [2.45, 2.75) is 25.7 Å². The van der Waals surface area contributed by atoms with Gasteiger partial charge in [-0.15, -0.1) is 0 Å². The quantitative estimate of drug-likeness (QED) is 0.380. The number of nitrogens with zero attached hydrogens (tertiary/aromatic N) is 4. The highest BCUT2D eigenvalue weighted by atomic mass is 32.2. The lowest BCUT2D eigenvalue weighted by atomic mass is 10.2. The summed E-state index contributed by atoms with van der Waals surface area (Å²) in [6.07, 6.45) is 0. The third-order valence-electron chi connectivity index (χ3n) is 4.70. The third-order valence-corrected chi connectivity index (χ3v) is 6.04. The standard InChI is InChI=1S/C23H22N6O4S/c1-4-33-22(30)21-27-19-8-6-5-7-18(19)20(28-21)26-16-9-11-17(12-10-16)34(31,32)29-23-24-14(2)13-15(3)25-23/h5-13H,4H2,1-3H3,(H,24,25,29)(H,26,27,28). The first-order valence-electron chi connectivity index (χ1n) is 10.4. The number of anilines is 3. The van der Waals surface area contributed by atoms with E-state index in [0.717, 1.165) is 0 Å². The van der Waals surface area contributed by atoms with Crippen LogP contribution in [0.4, 0.5) is 17.5 Å². The molecule has 0 spiro atoms. The number of hydrogen-bond acceptors (Lipinski definition) is 9. The molecule has 2 N–H and O–H groups in total. The number of esters is 1. The maximum absolute atomic E-state index is 12.8. The van der Waals surface area contributed by atoms with Crippen LogP contribution in [0.2, 0.25) is 0 Å². The largest absolute Gasteiger partial charge is 0.460 e. The molecule has 0 radical (unpaired) electrons. The summed E-state index contributed by atoms with van der Waals surface area (Å²) in [4.78, 5) is 29.0. The maximum Gasteiger partial charge on any atom is 0.376 e. The molecule has 34 heavy (non-hydrogen) atoms. The predicted molar refractivity (Wildman–Crippen MR) is 128 cm³/mol. The van der Waals surface area contributed by atoms with E-state index in [2.05, 4.69) is 30.0 Å². The Kier molecular flexibility index (Phi) is 6.37. The molecule has 0 amide bonds. The first kappa shape index (κ1) is 23.1. The van der Waals surface area contributed by atoms with Crippen LogP contribution in [0.25, 0.3) is 10.9 Å². The van der Waals surface area contributed by atoms with Crippen LogP contribution in [-0.2, 0) is 14.8 Å². The lowest BCUT2D eigenvalue weighted by Gasteiger charge is -2.12. The molecule has 2 heterocycles. The van der Waals surface area contributed by atoms with Gasteiger partial charge in [-0.1, -0.05) is 12.1 Å². The molecule has 10 nitrogen and oxygen atoms in total. The summed E-state index contributed by atoms with van der Waals surface area (Å²) in [6, 6.07) is 15.1. The van der Waals surface area contributed by atoms with Crippen molar-refractivity contribution in [2.24, 2.45) is 0 Å². The molecule has 0 bridgehead atoms. The van der Waals surface area contributed by atoms with E-state index in [-0.39, 0.29) is 23.3 Å². The fraction of sp³-hybridized carbons (Fsp3) is 0.174. The molecule has 0 saturated heterocycles. The third kappa shape index (κ3) is 5.09. The summed E-state index contributed by atoms with van der Waals surface area (Å²) in [6.45, 7) is 5.43. The van der Waals surface area contributed by atoms with Gasteiger partial charge in [0.2, 0.25) is 11.8 Å². The molecule has 0 aliphatic carbocycles. The second kappa shape index (κ2) is 9.40. The van der Waals surface area contributed by atoms with Crippen molar-refractivity contribution < 1.29 is 17.9 Å². The number of rotatable bonds is 7. The van der Waals surface area contributed by atoms with E-state index in [1.165, 1.54) is 12.1 Å². The zero-order valence-electron chi connectivity index (χ0n) is 18.7. The summed E-state index contributed by atoms with van der Waals surface area (Å²) in [5.41, 5.74) is 2.45. The molecule has 2 aromatic heterocycles. The monoisotopic (exact) mass is 478 g/mol. The summed E-state index contributed by atoms with van der Waals surface area (Å²) >= 11 is 0. The molecule has 2 aromatic carbocycles. The van der Waals surface area contributed by atoms with E-state index in [4.69, 9.17) is 4.74 Å². The average molecular weight is 479 g/mol. The Labute approximate surface area is 196 Å². The summed E-state index contributed by atoms with van der Waals surface area (Å²) in [7, 11) is -3.89. The minimum absolute atomic E-state index is 0.0126. The van der Waals surface area contributed by atoms with Crippen LogP contribution in [0.15, 0.2) is 59.5 Å². The molecule has 4 aromatic rings. The lowest BCUT2D eigenvalue weighted by Crippen LogP contribution is -2.15. The Morgan fingerprint density at radius 1 is 0.941 bits per heavy atom. The molecule has 11 heteroatoms. The number of aryl methyl sites for hydroxylation is 2. The molecular weight excluding hydrogens is 456 g/mol. The van der Waals surface area contributed by atoms with Gasteiger partial charge in [0, 0.05) is 22.5 Å². The number of carbonyl (C=O) groups excluding carboxylic acids is 1. The average Bonchev–Trinajstić information content (AvgIpc) is 2.78. The van der Waals surface area contributed by atoms with Crippen molar-refractivity contribution in [3.05, 3.63) is 71.8 Å². The molecule has 0 unspecified atom stereocenters. The molecule has 0 saturated carbocycles. The SMILES string of the molecule is CCOC(=O)c1nc(Nc2ccc(S(=O)(=O)Nc3nc(C)cc(C)n3)cc2)c2ccccc2n1. The highest BCUT2D eigenvalue weighted by Gasteiger charge is 2.18. The fourth-order valence-electron chi connectivity index (χ4n) is 3.26. The van der Waals surface area contributed by atoms with Gasteiger partial charge in [-0.05, 0) is 63.2 Å². The van der Waals surface area contributed by atoms with Gasteiger partial charge in [-0.2, -0.15) is 0 Å². The van der Waals surface area contributed by atoms with Crippen molar-refractivity contribution in [3.8, 4) is 0 Å². The zero-order chi connectivity index (χ0) is 24.3. The highest BCUT2D eigenvalue weighted by Crippen LogP contribution is 2.25. The van der Waals surface area contributed by atoms with Crippen LogP contribution in [0.5, 0.6) is 0 Å². The van der Waals surface area contributed by atoms with Crippen LogP contribution in [0.3, 0.4) is 0 Å². The summed E-state index contributed by atoms with van der Waals surface area (Å²) in [5.74, 6) is -0.290. The Morgan fingerprint density at radius 3 is 2.29 bits per heavy atom. The smallest absolute Gasteiger partial charge is 0.376 e. The van der Waals surface area contributed by atoms with Crippen LogP contribution in [0.1, 0.15) is 28.9 Å². The van der Waals surface area contributed by atoms with Gasteiger partial charge < -0.3 is 10.1 Å². The van der Waals surface area contributed by atoms with Crippen molar-refractivity contribution >= 4 is 44.3 Å². The molecule has 0 aliphatic rings. The van der Waals surface area contributed by atoms with Gasteiger partial charge in [0.1, 0.15) is 5.82 Å². The molecule has 4 rings (SSSR count). The summed E-state index contributed by atoms with van der Waals surface area (Å²) < 4.78 is 33.0. The lowest BCUT2D eigenvalue weighted by molar-refractivity contribution is 0.0512. The van der Waals surface area contributed by atoms with Crippen molar-refractivity contribution in [2.75, 3.05) is 16.6 Å². The van der Waals surface area contributed by atoms with Gasteiger partial charge in [0.05, 0.1) is 17.0 Å². The number of benzene rings is 2. The Bertz CT molecular complexity index is 1450. The normalized spacial score (nSPS) is 11.3. The second-order valence-corrected chi connectivity index (χ2v) is 9.05. The van der Waals surface area contributed by atoms with E-state index in [1.54, 1.807) is 51.1 Å². The van der Waals surface area contributed by atoms with Crippen LogP contribution in [-0.4, -0.2) is 40.9 Å². The topological polar surface area (TPSA) is 136 Å². The Morgan fingerprint density at radius 2 is 1.62 bits per heavy atom. The number of nitrogens with one attached hydrogen (secondary N) is 2.